The maximum absolute atomic E-state index is 6.19. The maximum Gasteiger partial charge on any atom is 0.171 e. The van der Waals surface area contributed by atoms with E-state index < -0.39 is 9.04 Å². The van der Waals surface area contributed by atoms with Gasteiger partial charge in [-0.1, -0.05) is 34.6 Å². The van der Waals surface area contributed by atoms with E-state index in [1.54, 1.807) is 0 Å². The molecule has 0 bridgehead atoms. The molecule has 2 atom stereocenters. The zero-order valence-corrected chi connectivity index (χ0v) is 11.9. The molecule has 0 radical (unpaired) electrons. The molecular weight excluding hydrogens is 190 g/mol. The molecule has 0 spiro atoms. The second-order valence-corrected chi connectivity index (χ2v) is 8.16. The van der Waals surface area contributed by atoms with E-state index >= 15 is 0 Å². The Bertz CT molecular complexity index is 163. The minimum absolute atomic E-state index is 0.140. The van der Waals surface area contributed by atoms with Crippen LogP contribution in [0.1, 0.15) is 34.6 Å². The van der Waals surface area contributed by atoms with Crippen LogP contribution in [0.2, 0.25) is 13.1 Å². The lowest BCUT2D eigenvalue weighted by Crippen LogP contribution is -2.49. The highest BCUT2D eigenvalue weighted by Crippen LogP contribution is 2.27. The summed E-state index contributed by atoms with van der Waals surface area (Å²) in [6.45, 7) is 15.3. The van der Waals surface area contributed by atoms with Crippen molar-refractivity contribution in [1.29, 1.82) is 0 Å². The standard InChI is InChI=1S/C11H27NOSi/c1-8(2)9(12)10(11(3,4)5)13-14(6)7/h8-10,14H,12H2,1-7H3/t9-,10?/m0/s1. The van der Waals surface area contributed by atoms with Crippen molar-refractivity contribution in [1.82, 2.24) is 0 Å². The van der Waals surface area contributed by atoms with Crippen LogP contribution in [0.15, 0.2) is 0 Å². The van der Waals surface area contributed by atoms with Gasteiger partial charge in [0.2, 0.25) is 0 Å². The molecule has 0 aromatic rings. The van der Waals surface area contributed by atoms with Crippen molar-refractivity contribution in [3.8, 4) is 0 Å². The van der Waals surface area contributed by atoms with E-state index in [0.717, 1.165) is 0 Å². The van der Waals surface area contributed by atoms with E-state index in [0.29, 0.717) is 5.92 Å². The largest absolute Gasteiger partial charge is 0.416 e. The first-order valence-corrected chi connectivity index (χ1v) is 8.35. The third-order valence-electron chi connectivity index (χ3n) is 2.39. The summed E-state index contributed by atoms with van der Waals surface area (Å²) in [5, 5.41) is 0. The van der Waals surface area contributed by atoms with Gasteiger partial charge in [0.1, 0.15) is 0 Å². The van der Waals surface area contributed by atoms with Crippen molar-refractivity contribution in [2.75, 3.05) is 0 Å². The van der Waals surface area contributed by atoms with Crippen molar-refractivity contribution in [3.63, 3.8) is 0 Å². The van der Waals surface area contributed by atoms with Crippen molar-refractivity contribution in [2.24, 2.45) is 17.1 Å². The molecule has 0 saturated carbocycles. The lowest BCUT2D eigenvalue weighted by atomic mass is 9.81. The molecule has 0 heterocycles. The predicted octanol–water partition coefficient (Wildman–Crippen LogP) is 2.38. The highest BCUT2D eigenvalue weighted by Gasteiger charge is 2.32. The summed E-state index contributed by atoms with van der Waals surface area (Å²) >= 11 is 0. The van der Waals surface area contributed by atoms with E-state index in [9.17, 15) is 0 Å². The Morgan fingerprint density at radius 3 is 1.79 bits per heavy atom. The molecule has 0 amide bonds. The summed E-state index contributed by atoms with van der Waals surface area (Å²) in [5.74, 6) is 0.479. The van der Waals surface area contributed by atoms with Crippen LogP contribution in [0.4, 0.5) is 0 Å². The third kappa shape index (κ3) is 4.58. The number of rotatable bonds is 4. The summed E-state index contributed by atoms with van der Waals surface area (Å²) in [6, 6.07) is 0.143. The Morgan fingerprint density at radius 2 is 1.57 bits per heavy atom. The Kier molecular flexibility index (Phi) is 5.34. The van der Waals surface area contributed by atoms with E-state index in [1.165, 1.54) is 0 Å². The SMILES string of the molecule is CC(C)[C@H](N)C(O[SiH](C)C)C(C)(C)C. The van der Waals surface area contributed by atoms with Gasteiger partial charge in [0.15, 0.2) is 9.04 Å². The number of hydrogen-bond donors (Lipinski definition) is 1. The molecule has 14 heavy (non-hydrogen) atoms. The molecule has 1 unspecified atom stereocenters. The van der Waals surface area contributed by atoms with Gasteiger partial charge in [-0.15, -0.1) is 0 Å². The minimum Gasteiger partial charge on any atom is -0.416 e. The van der Waals surface area contributed by atoms with Gasteiger partial charge < -0.3 is 10.2 Å². The molecule has 3 heteroatoms. The molecular formula is C11H27NOSi. The number of nitrogens with two attached hydrogens (primary N) is 1. The molecule has 2 N–H and O–H groups in total. The van der Waals surface area contributed by atoms with Gasteiger partial charge in [-0.05, 0) is 24.4 Å². The maximum atomic E-state index is 6.19. The van der Waals surface area contributed by atoms with Gasteiger partial charge in [-0.25, -0.2) is 0 Å². The van der Waals surface area contributed by atoms with Crippen molar-refractivity contribution in [3.05, 3.63) is 0 Å². The van der Waals surface area contributed by atoms with E-state index in [-0.39, 0.29) is 17.6 Å². The molecule has 0 aliphatic heterocycles. The van der Waals surface area contributed by atoms with Gasteiger partial charge in [0.05, 0.1) is 6.10 Å². The van der Waals surface area contributed by atoms with Gasteiger partial charge in [0, 0.05) is 6.04 Å². The molecule has 0 aromatic heterocycles. The molecule has 0 aliphatic rings. The fourth-order valence-corrected chi connectivity index (χ4v) is 2.69. The number of hydrogen-bond acceptors (Lipinski definition) is 2. The van der Waals surface area contributed by atoms with Gasteiger partial charge in [0.25, 0.3) is 0 Å². The quantitative estimate of drug-likeness (QED) is 0.734. The van der Waals surface area contributed by atoms with Crippen molar-refractivity contribution < 1.29 is 4.43 Å². The fourth-order valence-electron chi connectivity index (χ4n) is 1.51. The highest BCUT2D eigenvalue weighted by atomic mass is 28.3. The van der Waals surface area contributed by atoms with Gasteiger partial charge in [-0.3, -0.25) is 0 Å². The van der Waals surface area contributed by atoms with Crippen LogP contribution < -0.4 is 5.73 Å². The lowest BCUT2D eigenvalue weighted by molar-refractivity contribution is 0.0487. The Morgan fingerprint density at radius 1 is 1.14 bits per heavy atom. The predicted molar refractivity (Wildman–Crippen MR) is 66.0 cm³/mol. The van der Waals surface area contributed by atoms with E-state index in [1.807, 2.05) is 0 Å². The van der Waals surface area contributed by atoms with Gasteiger partial charge >= 0.3 is 0 Å². The zero-order chi connectivity index (χ0) is 11.5. The Hall–Kier alpha value is 0.137. The molecule has 86 valence electrons. The first-order valence-electron chi connectivity index (χ1n) is 5.57. The molecule has 0 fully saturated rings. The Balaban J connectivity index is 4.56. The second-order valence-electron chi connectivity index (χ2n) is 5.79. The summed E-state index contributed by atoms with van der Waals surface area (Å²) in [6.07, 6.45) is 0.189. The fraction of sp³-hybridized carbons (Fsp3) is 1.00. The van der Waals surface area contributed by atoms with Crippen LogP contribution in [-0.4, -0.2) is 21.2 Å². The van der Waals surface area contributed by atoms with Crippen LogP contribution in [-0.2, 0) is 4.43 Å². The van der Waals surface area contributed by atoms with Crippen LogP contribution in [0.3, 0.4) is 0 Å². The monoisotopic (exact) mass is 217 g/mol. The van der Waals surface area contributed by atoms with E-state index in [2.05, 4.69) is 47.7 Å². The third-order valence-corrected chi connectivity index (χ3v) is 3.23. The normalized spacial score (nSPS) is 17.6. The zero-order valence-electron chi connectivity index (χ0n) is 10.8. The molecule has 0 aromatic carbocycles. The van der Waals surface area contributed by atoms with Crippen molar-refractivity contribution >= 4 is 9.04 Å². The first kappa shape index (κ1) is 14.1. The second kappa shape index (κ2) is 5.28. The van der Waals surface area contributed by atoms with Crippen molar-refractivity contribution in [2.45, 2.75) is 59.9 Å². The van der Waals surface area contributed by atoms with Gasteiger partial charge in [-0.2, -0.15) is 0 Å². The Labute approximate surface area is 90.9 Å². The average Bonchev–Trinajstić information content (AvgIpc) is 1.96. The summed E-state index contributed by atoms with van der Waals surface area (Å²) in [7, 11) is -1.01. The molecule has 0 rings (SSSR count). The van der Waals surface area contributed by atoms with Crippen LogP contribution in [0, 0.1) is 11.3 Å². The highest BCUT2D eigenvalue weighted by molar-refractivity contribution is 6.48. The summed E-state index contributed by atoms with van der Waals surface area (Å²) in [5.41, 5.74) is 6.33. The molecule has 0 saturated heterocycles. The first-order chi connectivity index (χ1) is 6.16. The lowest BCUT2D eigenvalue weighted by Gasteiger charge is -2.38. The summed E-state index contributed by atoms with van der Waals surface area (Å²) < 4.78 is 6.05. The smallest absolute Gasteiger partial charge is 0.171 e. The molecule has 2 nitrogen and oxygen atoms in total. The average molecular weight is 217 g/mol. The van der Waals surface area contributed by atoms with Crippen LogP contribution in [0.25, 0.3) is 0 Å². The minimum atomic E-state index is -1.01. The molecule has 0 aliphatic carbocycles. The topological polar surface area (TPSA) is 35.2 Å². The summed E-state index contributed by atoms with van der Waals surface area (Å²) in [4.78, 5) is 0. The van der Waals surface area contributed by atoms with E-state index in [4.69, 9.17) is 10.2 Å². The van der Waals surface area contributed by atoms with Crippen LogP contribution >= 0.6 is 0 Å². The van der Waals surface area contributed by atoms with Crippen LogP contribution in [0.5, 0.6) is 0 Å².